The van der Waals surface area contributed by atoms with Crippen molar-refractivity contribution in [3.05, 3.63) is 59.8 Å². The molecule has 2 heterocycles. The van der Waals surface area contributed by atoms with Gasteiger partial charge < -0.3 is 14.3 Å². The third kappa shape index (κ3) is 4.34. The van der Waals surface area contributed by atoms with E-state index in [-0.39, 0.29) is 12.3 Å². The lowest BCUT2D eigenvalue weighted by Crippen LogP contribution is -2.12. The van der Waals surface area contributed by atoms with E-state index in [0.29, 0.717) is 46.7 Å². The second-order valence-corrected chi connectivity index (χ2v) is 7.25. The predicted molar refractivity (Wildman–Crippen MR) is 110 cm³/mol. The molecule has 7 nitrogen and oxygen atoms in total. The maximum atomic E-state index is 12.3. The van der Waals surface area contributed by atoms with Gasteiger partial charge in [0.25, 0.3) is 0 Å². The van der Waals surface area contributed by atoms with Crippen LogP contribution in [-0.4, -0.2) is 21.0 Å². The summed E-state index contributed by atoms with van der Waals surface area (Å²) in [6.07, 6.45) is 0.609. The third-order valence-corrected chi connectivity index (χ3v) is 4.65. The Bertz CT molecular complexity index is 1140. The molecule has 1 amide bonds. The molecule has 0 saturated heterocycles. The topological polar surface area (TPSA) is 94.1 Å². The average molecular weight is 390 g/mol. The number of fused-ring (bicyclic) bond motifs is 1. The van der Waals surface area contributed by atoms with Crippen molar-refractivity contribution in [2.75, 3.05) is 5.32 Å². The first-order valence-electron chi connectivity index (χ1n) is 9.58. The molecule has 2 aromatic carbocycles. The number of benzene rings is 2. The van der Waals surface area contributed by atoms with E-state index in [0.717, 1.165) is 5.56 Å². The zero-order chi connectivity index (χ0) is 20.4. The Morgan fingerprint density at radius 3 is 2.66 bits per heavy atom. The van der Waals surface area contributed by atoms with Gasteiger partial charge in [0.05, 0.1) is 0 Å². The van der Waals surface area contributed by atoms with E-state index >= 15 is 0 Å². The van der Waals surface area contributed by atoms with E-state index in [9.17, 15) is 4.79 Å². The number of amides is 1. The molecule has 0 bridgehead atoms. The summed E-state index contributed by atoms with van der Waals surface area (Å²) in [5.74, 6) is 1.89. The standard InChI is InChI=1S/C22H22N4O3/c1-13(2)15-4-6-16(7-5-15)22-25-21(29-26-22)11-10-20(27)24-17-8-9-19-18(12-17)23-14(3)28-19/h4-9,12-13H,10-11H2,1-3H3,(H,24,27). The number of hydrogen-bond donors (Lipinski definition) is 1. The van der Waals surface area contributed by atoms with Crippen LogP contribution in [0.3, 0.4) is 0 Å². The van der Waals surface area contributed by atoms with Gasteiger partial charge in [-0.3, -0.25) is 4.79 Å². The van der Waals surface area contributed by atoms with Crippen LogP contribution in [0.25, 0.3) is 22.5 Å². The zero-order valence-corrected chi connectivity index (χ0v) is 16.6. The Morgan fingerprint density at radius 1 is 1.10 bits per heavy atom. The van der Waals surface area contributed by atoms with Crippen LogP contribution >= 0.6 is 0 Å². The number of aryl methyl sites for hydroxylation is 2. The molecule has 0 radical (unpaired) electrons. The van der Waals surface area contributed by atoms with Gasteiger partial charge in [-0.25, -0.2) is 4.98 Å². The minimum absolute atomic E-state index is 0.134. The highest BCUT2D eigenvalue weighted by atomic mass is 16.5. The second-order valence-electron chi connectivity index (χ2n) is 7.25. The van der Waals surface area contributed by atoms with Crippen LogP contribution in [0.5, 0.6) is 0 Å². The van der Waals surface area contributed by atoms with Crippen molar-refractivity contribution in [1.29, 1.82) is 0 Å². The molecule has 0 aliphatic carbocycles. The average Bonchev–Trinajstić information content (AvgIpc) is 3.32. The molecule has 4 rings (SSSR count). The number of anilines is 1. The van der Waals surface area contributed by atoms with Crippen LogP contribution < -0.4 is 5.32 Å². The summed E-state index contributed by atoms with van der Waals surface area (Å²) in [6, 6.07) is 13.5. The molecule has 7 heteroatoms. The normalized spacial score (nSPS) is 11.3. The van der Waals surface area contributed by atoms with Gasteiger partial charge in [0.1, 0.15) is 5.52 Å². The van der Waals surface area contributed by atoms with Gasteiger partial charge in [-0.1, -0.05) is 43.3 Å². The van der Waals surface area contributed by atoms with Crippen molar-refractivity contribution in [2.45, 2.75) is 39.5 Å². The highest BCUT2D eigenvalue weighted by Gasteiger charge is 2.12. The molecule has 0 aliphatic heterocycles. The maximum absolute atomic E-state index is 12.3. The molecule has 0 unspecified atom stereocenters. The van der Waals surface area contributed by atoms with Crippen LogP contribution in [0.4, 0.5) is 5.69 Å². The second kappa shape index (κ2) is 7.87. The molecular formula is C22H22N4O3. The molecule has 1 N–H and O–H groups in total. The number of oxazole rings is 1. The van der Waals surface area contributed by atoms with Gasteiger partial charge in [0.2, 0.25) is 17.6 Å². The monoisotopic (exact) mass is 390 g/mol. The van der Waals surface area contributed by atoms with Crippen molar-refractivity contribution in [2.24, 2.45) is 0 Å². The largest absolute Gasteiger partial charge is 0.441 e. The summed E-state index contributed by atoms with van der Waals surface area (Å²) in [7, 11) is 0. The van der Waals surface area contributed by atoms with Crippen molar-refractivity contribution < 1.29 is 13.7 Å². The molecular weight excluding hydrogens is 368 g/mol. The summed E-state index contributed by atoms with van der Waals surface area (Å²) in [4.78, 5) is 20.9. The molecule has 0 saturated carbocycles. The molecule has 29 heavy (non-hydrogen) atoms. The Labute approximate surface area is 168 Å². The molecule has 0 fully saturated rings. The predicted octanol–water partition coefficient (Wildman–Crippen LogP) is 4.88. The first-order valence-corrected chi connectivity index (χ1v) is 9.58. The number of aromatic nitrogens is 3. The zero-order valence-electron chi connectivity index (χ0n) is 16.6. The van der Waals surface area contributed by atoms with Gasteiger partial charge in [-0.15, -0.1) is 0 Å². The van der Waals surface area contributed by atoms with Gasteiger partial charge in [-0.05, 0) is 29.7 Å². The molecule has 0 spiro atoms. The number of carbonyl (C=O) groups is 1. The highest BCUT2D eigenvalue weighted by molar-refractivity contribution is 5.92. The number of carbonyl (C=O) groups excluding carboxylic acids is 1. The summed E-state index contributed by atoms with van der Waals surface area (Å²) >= 11 is 0. The maximum Gasteiger partial charge on any atom is 0.227 e. The first kappa shape index (κ1) is 18.9. The molecule has 4 aromatic rings. The van der Waals surface area contributed by atoms with Crippen LogP contribution in [0, 0.1) is 6.92 Å². The first-order chi connectivity index (χ1) is 14.0. The van der Waals surface area contributed by atoms with E-state index in [1.54, 1.807) is 25.1 Å². The minimum atomic E-state index is -0.134. The van der Waals surface area contributed by atoms with Crippen LogP contribution in [-0.2, 0) is 11.2 Å². The summed E-state index contributed by atoms with van der Waals surface area (Å²) < 4.78 is 10.7. The van der Waals surface area contributed by atoms with E-state index in [1.165, 1.54) is 5.56 Å². The number of nitrogens with zero attached hydrogens (tertiary/aromatic N) is 3. The molecule has 2 aromatic heterocycles. The van der Waals surface area contributed by atoms with Gasteiger partial charge in [-0.2, -0.15) is 4.98 Å². The van der Waals surface area contributed by atoms with E-state index in [4.69, 9.17) is 8.94 Å². The van der Waals surface area contributed by atoms with Crippen molar-refractivity contribution >= 4 is 22.7 Å². The highest BCUT2D eigenvalue weighted by Crippen LogP contribution is 2.22. The Kier molecular flexibility index (Phi) is 5.12. The summed E-state index contributed by atoms with van der Waals surface area (Å²) in [5, 5.41) is 6.88. The van der Waals surface area contributed by atoms with Crippen LogP contribution in [0.15, 0.2) is 51.4 Å². The third-order valence-electron chi connectivity index (χ3n) is 4.65. The Morgan fingerprint density at radius 2 is 1.90 bits per heavy atom. The fraction of sp³-hybridized carbons (Fsp3) is 0.273. The van der Waals surface area contributed by atoms with Gasteiger partial charge in [0, 0.05) is 31.0 Å². The molecule has 148 valence electrons. The van der Waals surface area contributed by atoms with E-state index < -0.39 is 0 Å². The fourth-order valence-electron chi connectivity index (χ4n) is 3.06. The quantitative estimate of drug-likeness (QED) is 0.504. The molecule has 0 atom stereocenters. The van der Waals surface area contributed by atoms with Crippen LogP contribution in [0.2, 0.25) is 0 Å². The van der Waals surface area contributed by atoms with Gasteiger partial charge >= 0.3 is 0 Å². The Balaban J connectivity index is 1.35. The van der Waals surface area contributed by atoms with Crippen molar-refractivity contribution in [1.82, 2.24) is 15.1 Å². The van der Waals surface area contributed by atoms with Crippen molar-refractivity contribution in [3.8, 4) is 11.4 Å². The lowest BCUT2D eigenvalue weighted by atomic mass is 10.0. The van der Waals surface area contributed by atoms with Crippen molar-refractivity contribution in [3.63, 3.8) is 0 Å². The number of nitrogens with one attached hydrogen (secondary N) is 1. The van der Waals surface area contributed by atoms with Gasteiger partial charge in [0.15, 0.2) is 11.5 Å². The van der Waals surface area contributed by atoms with E-state index in [1.807, 2.05) is 12.1 Å². The number of hydrogen-bond acceptors (Lipinski definition) is 6. The van der Waals surface area contributed by atoms with Crippen LogP contribution in [0.1, 0.15) is 43.5 Å². The Hall–Kier alpha value is -3.48. The fourth-order valence-corrected chi connectivity index (χ4v) is 3.06. The SMILES string of the molecule is Cc1nc2cc(NC(=O)CCc3nc(-c4ccc(C(C)C)cc4)no3)ccc2o1. The minimum Gasteiger partial charge on any atom is -0.441 e. The lowest BCUT2D eigenvalue weighted by Gasteiger charge is -2.04. The smallest absolute Gasteiger partial charge is 0.227 e. The summed E-state index contributed by atoms with van der Waals surface area (Å²) in [5.41, 5.74) is 4.23. The number of rotatable bonds is 6. The summed E-state index contributed by atoms with van der Waals surface area (Å²) in [6.45, 7) is 6.09. The molecule has 0 aliphatic rings. The lowest BCUT2D eigenvalue weighted by molar-refractivity contribution is -0.116. The van der Waals surface area contributed by atoms with E-state index in [2.05, 4.69) is 46.4 Å².